The van der Waals surface area contributed by atoms with Gasteiger partial charge in [-0.3, -0.25) is 0 Å². The van der Waals surface area contributed by atoms with Crippen LogP contribution in [-0.4, -0.2) is 51.9 Å². The maximum absolute atomic E-state index is 8.49. The SMILES string of the molecule is C1=CC2CC3CCC(CC4C=CC(CC5CCC(CC1[OH+]2)O5)[SH+]4)O3.[O-][Cl+3]([O-])([O-])[O-].[O-][Cl+3]([O-])([O-])[O-]. The molecule has 0 saturated carbocycles. The van der Waals surface area contributed by atoms with Crippen LogP contribution < -0.4 is 37.3 Å². The number of thiol groups is 1. The van der Waals surface area contributed by atoms with Crippen LogP contribution in [0.25, 0.3) is 0 Å². The quantitative estimate of drug-likeness (QED) is 0.158. The second-order valence-corrected chi connectivity index (χ2v) is 12.1. The molecule has 5 rings (SSSR count). The molecule has 8 bridgehead atoms. The van der Waals surface area contributed by atoms with Gasteiger partial charge in [0.2, 0.25) is 0 Å². The summed E-state index contributed by atoms with van der Waals surface area (Å²) in [7, 11) is -9.89. The molecule has 0 aromatic heterocycles. The van der Waals surface area contributed by atoms with E-state index in [0.29, 0.717) is 47.1 Å². The van der Waals surface area contributed by atoms with Crippen LogP contribution in [0.1, 0.15) is 51.4 Å². The smallest absolute Gasteiger partial charge is 0.177 e. The molecule has 0 spiro atoms. The summed E-state index contributed by atoms with van der Waals surface area (Å²) in [5.41, 5.74) is 0. The van der Waals surface area contributed by atoms with E-state index in [-0.39, 0.29) is 0 Å². The van der Waals surface area contributed by atoms with E-state index >= 15 is 0 Å². The summed E-state index contributed by atoms with van der Waals surface area (Å²) in [6.07, 6.45) is 21.6. The Morgan fingerprint density at radius 1 is 0.559 bits per heavy atom. The van der Waals surface area contributed by atoms with Crippen LogP contribution >= 0.6 is 0 Å². The molecule has 0 radical (unpaired) electrons. The van der Waals surface area contributed by atoms with Crippen LogP contribution in [0.5, 0.6) is 0 Å². The summed E-state index contributed by atoms with van der Waals surface area (Å²) in [6.45, 7) is 0. The lowest BCUT2D eigenvalue weighted by atomic mass is 10.1. The fourth-order valence-electron chi connectivity index (χ4n) is 5.09. The van der Waals surface area contributed by atoms with Crippen molar-refractivity contribution in [2.45, 2.75) is 98.5 Å². The van der Waals surface area contributed by atoms with Crippen LogP contribution in [0.15, 0.2) is 24.3 Å². The van der Waals surface area contributed by atoms with Crippen molar-refractivity contribution in [3.63, 3.8) is 0 Å². The molecule has 5 aliphatic heterocycles. The fraction of sp³-hybridized carbons (Fsp3) is 0.800. The van der Waals surface area contributed by atoms with Gasteiger partial charge in [-0.05, 0) is 61.7 Å². The highest BCUT2D eigenvalue weighted by Crippen LogP contribution is 2.34. The van der Waals surface area contributed by atoms with Gasteiger partial charge in [-0.15, -0.1) is 20.5 Å². The zero-order chi connectivity index (χ0) is 24.9. The molecule has 196 valence electrons. The van der Waals surface area contributed by atoms with Gasteiger partial charge in [0.1, 0.15) is 10.5 Å². The van der Waals surface area contributed by atoms with Crippen molar-refractivity contribution in [2.75, 3.05) is 0 Å². The van der Waals surface area contributed by atoms with E-state index in [2.05, 4.69) is 24.3 Å². The Balaban J connectivity index is 0.000000277. The summed E-state index contributed by atoms with van der Waals surface area (Å²) in [6, 6.07) is 0. The number of halogens is 2. The van der Waals surface area contributed by atoms with E-state index in [1.807, 2.05) is 0 Å². The molecule has 8 unspecified atom stereocenters. The summed E-state index contributed by atoms with van der Waals surface area (Å²) in [5.74, 6) is 0. The van der Waals surface area contributed by atoms with Crippen molar-refractivity contribution >= 4 is 11.8 Å². The van der Waals surface area contributed by atoms with Crippen LogP contribution in [0, 0.1) is 20.5 Å². The van der Waals surface area contributed by atoms with Crippen molar-refractivity contribution in [1.29, 1.82) is 0 Å². The van der Waals surface area contributed by atoms with Crippen molar-refractivity contribution in [2.24, 2.45) is 0 Å². The Kier molecular flexibility index (Phi) is 10.5. The van der Waals surface area contributed by atoms with E-state index in [1.165, 1.54) is 38.5 Å². The predicted molar refractivity (Wildman–Crippen MR) is 98.7 cm³/mol. The van der Waals surface area contributed by atoms with Gasteiger partial charge >= 0.3 is 0 Å². The molecule has 14 heteroatoms. The number of hydrogen-bond donors (Lipinski definition) is 0. The number of ether oxygens (including phenoxy) is 3. The lowest BCUT2D eigenvalue weighted by Crippen LogP contribution is -2.68. The first-order chi connectivity index (χ1) is 15.8. The first-order valence-electron chi connectivity index (χ1n) is 11.1. The van der Waals surface area contributed by atoms with Crippen molar-refractivity contribution in [3.8, 4) is 0 Å². The summed E-state index contributed by atoms with van der Waals surface area (Å²) in [5, 5.41) is 1.40. The van der Waals surface area contributed by atoms with Gasteiger partial charge in [0.05, 0.1) is 24.4 Å². The molecular weight excluding hydrogens is 519 g/mol. The van der Waals surface area contributed by atoms with Crippen LogP contribution in [0.2, 0.25) is 0 Å². The molecule has 8 atom stereocenters. The highest BCUT2D eigenvalue weighted by molar-refractivity contribution is 7.80. The van der Waals surface area contributed by atoms with Gasteiger partial charge in [0.25, 0.3) is 0 Å². The van der Waals surface area contributed by atoms with Crippen LogP contribution in [0.3, 0.4) is 0 Å². The molecular formula is C20H30Cl2O11S. The highest BCUT2D eigenvalue weighted by atomic mass is 35.7. The Labute approximate surface area is 206 Å². The molecule has 3 saturated heterocycles. The average molecular weight is 549 g/mol. The largest absolute Gasteiger partial charge is 0.423 e. The molecule has 0 aromatic carbocycles. The maximum atomic E-state index is 8.49. The molecule has 1 N–H and O–H groups in total. The Hall–Kier alpha value is -0.0300. The van der Waals surface area contributed by atoms with E-state index in [0.717, 1.165) is 12.8 Å². The normalized spacial score (nSPS) is 39.3. The lowest BCUT2D eigenvalue weighted by molar-refractivity contribution is -2.00. The fourth-order valence-corrected chi connectivity index (χ4v) is 6.70. The first-order valence-corrected chi connectivity index (χ1v) is 14.6. The molecule has 3 fully saturated rings. The lowest BCUT2D eigenvalue weighted by Gasteiger charge is -2.19. The van der Waals surface area contributed by atoms with Crippen molar-refractivity contribution in [1.82, 2.24) is 0 Å². The maximum Gasteiger partial charge on any atom is 0.177 e. The Morgan fingerprint density at radius 2 is 0.882 bits per heavy atom. The zero-order valence-electron chi connectivity index (χ0n) is 18.3. The van der Waals surface area contributed by atoms with Gasteiger partial charge in [-0.1, -0.05) is 0 Å². The minimum absolute atomic E-state index is 0.373. The molecule has 5 heterocycles. The van der Waals surface area contributed by atoms with Gasteiger partial charge in [-0.2, -0.15) is 0 Å². The summed E-state index contributed by atoms with van der Waals surface area (Å²) >= 11 is 1.59. The first kappa shape index (κ1) is 28.5. The number of rotatable bonds is 0. The van der Waals surface area contributed by atoms with Crippen LogP contribution in [0.4, 0.5) is 0 Å². The number of aliphatic hydroxyl groups is 2. The second kappa shape index (κ2) is 12.5. The number of hydrogen-bond acceptors (Lipinski definition) is 10. The van der Waals surface area contributed by atoms with Crippen LogP contribution in [-0.2, 0) is 21.2 Å². The molecule has 0 amide bonds. The topological polar surface area (TPSA) is 216 Å². The monoisotopic (exact) mass is 548 g/mol. The van der Waals surface area contributed by atoms with E-state index in [4.69, 9.17) is 51.5 Å². The third kappa shape index (κ3) is 11.4. The summed E-state index contributed by atoms with van der Waals surface area (Å²) in [4.78, 5) is 0. The second-order valence-electron chi connectivity index (χ2n) is 8.95. The van der Waals surface area contributed by atoms with Gasteiger partial charge in [-0.25, -0.2) is 37.3 Å². The third-order valence-electron chi connectivity index (χ3n) is 6.29. The minimum atomic E-state index is -4.94. The van der Waals surface area contributed by atoms with Gasteiger partial charge in [0, 0.05) is 25.7 Å². The molecule has 0 aliphatic carbocycles. The predicted octanol–water partition coefficient (Wildman–Crippen LogP) is -6.90. The standard InChI is InChI=1S/C20H28O3S.2ClHO4/c1-2-14-10-16-4-6-18(23-16)12-20-8-7-19(24-20)11-17-5-3-15(22-17)9-13(1)21-14;2*2-1(3,4)5/h1-2,7-8,13-20H,3-6,9-12H2;2*(H,2,3,4,5). The molecule has 5 aliphatic rings. The third-order valence-corrected chi connectivity index (χ3v) is 7.82. The highest BCUT2D eigenvalue weighted by Gasteiger charge is 2.39. The van der Waals surface area contributed by atoms with Crippen molar-refractivity contribution in [3.05, 3.63) is 24.3 Å². The zero-order valence-corrected chi connectivity index (χ0v) is 20.7. The van der Waals surface area contributed by atoms with Crippen molar-refractivity contribution < 1.29 is 72.0 Å². The van der Waals surface area contributed by atoms with E-state index < -0.39 is 20.5 Å². The summed E-state index contributed by atoms with van der Waals surface area (Å²) < 4.78 is 85.7. The number of fused-ring (bicyclic) bond motifs is 8. The Bertz CT molecular complexity index is 589. The molecule has 34 heavy (non-hydrogen) atoms. The molecule has 0 aromatic rings. The average Bonchev–Trinajstić information content (AvgIpc) is 3.44. The van der Waals surface area contributed by atoms with E-state index in [1.54, 1.807) is 11.8 Å². The van der Waals surface area contributed by atoms with Gasteiger partial charge in [0.15, 0.2) is 12.2 Å². The van der Waals surface area contributed by atoms with E-state index in [9.17, 15) is 0 Å². The molecule has 11 nitrogen and oxygen atoms in total. The Morgan fingerprint density at radius 3 is 1.24 bits per heavy atom. The minimum Gasteiger partial charge on any atom is -0.423 e. The van der Waals surface area contributed by atoms with Gasteiger partial charge < -0.3 is 14.2 Å².